The fraction of sp³-hybridized carbons (Fsp3) is 0.304. The molecule has 0 saturated heterocycles. The summed E-state index contributed by atoms with van der Waals surface area (Å²) in [7, 11) is 0. The standard InChI is InChI=1S/C23H23ClN4O2S/c1-4-18(21(29)25-15-11-9-14(24)10-12-15)31-23-26-17-8-6-5-7-16(17)20-27-19(13(2)3)22(30)28(20)23/h5-13,18-19H,4H2,1-3H3,(H,25,29)/t18-,19-/m0/s1. The number of halogens is 1. The van der Waals surface area contributed by atoms with Gasteiger partial charge in [0, 0.05) is 16.3 Å². The molecule has 1 N–H and O–H groups in total. The van der Waals surface area contributed by atoms with Gasteiger partial charge in [0.15, 0.2) is 5.17 Å². The highest BCUT2D eigenvalue weighted by molar-refractivity contribution is 8.15. The molecule has 2 atom stereocenters. The quantitative estimate of drug-likeness (QED) is 0.682. The van der Waals surface area contributed by atoms with E-state index in [1.807, 2.05) is 45.0 Å². The van der Waals surface area contributed by atoms with Crippen LogP contribution in [0.5, 0.6) is 0 Å². The van der Waals surface area contributed by atoms with Gasteiger partial charge in [0.25, 0.3) is 5.91 Å². The molecule has 2 aliphatic rings. The van der Waals surface area contributed by atoms with Gasteiger partial charge in [0.05, 0.1) is 10.9 Å². The summed E-state index contributed by atoms with van der Waals surface area (Å²) in [6.07, 6.45) is 0.576. The number of aliphatic imine (C=N–C) groups is 2. The molecule has 2 aromatic carbocycles. The third-order valence-corrected chi connectivity index (χ3v) is 6.72. The average molecular weight is 455 g/mol. The van der Waals surface area contributed by atoms with Gasteiger partial charge in [-0.2, -0.15) is 0 Å². The first-order valence-corrected chi connectivity index (χ1v) is 11.5. The lowest BCUT2D eigenvalue weighted by atomic mass is 10.1. The van der Waals surface area contributed by atoms with Crippen LogP contribution in [0.4, 0.5) is 11.4 Å². The van der Waals surface area contributed by atoms with E-state index in [0.29, 0.717) is 28.1 Å². The van der Waals surface area contributed by atoms with E-state index in [0.717, 1.165) is 11.3 Å². The zero-order chi connectivity index (χ0) is 22.1. The Bertz CT molecular complexity index is 1080. The molecule has 2 amide bonds. The predicted octanol–water partition coefficient (Wildman–Crippen LogP) is 5.11. The van der Waals surface area contributed by atoms with Crippen LogP contribution in [-0.2, 0) is 9.59 Å². The summed E-state index contributed by atoms with van der Waals surface area (Å²) in [5, 5.41) is 3.59. The number of benzene rings is 2. The van der Waals surface area contributed by atoms with Crippen molar-refractivity contribution in [2.75, 3.05) is 5.32 Å². The van der Waals surface area contributed by atoms with Gasteiger partial charge in [-0.05, 0) is 48.7 Å². The number of nitrogens with one attached hydrogen (secondary N) is 1. The Morgan fingerprint density at radius 2 is 1.90 bits per heavy atom. The van der Waals surface area contributed by atoms with E-state index in [4.69, 9.17) is 21.6 Å². The number of amidine groups is 2. The van der Waals surface area contributed by atoms with Crippen molar-refractivity contribution in [3.63, 3.8) is 0 Å². The predicted molar refractivity (Wildman–Crippen MR) is 127 cm³/mol. The van der Waals surface area contributed by atoms with E-state index >= 15 is 0 Å². The number of amides is 2. The number of anilines is 1. The molecule has 8 heteroatoms. The summed E-state index contributed by atoms with van der Waals surface area (Å²) in [4.78, 5) is 37.1. The first kappa shape index (κ1) is 21.6. The molecule has 6 nitrogen and oxygen atoms in total. The number of fused-ring (bicyclic) bond motifs is 3. The van der Waals surface area contributed by atoms with Crippen LogP contribution in [0.15, 0.2) is 58.5 Å². The van der Waals surface area contributed by atoms with Crippen molar-refractivity contribution in [2.45, 2.75) is 38.5 Å². The largest absolute Gasteiger partial charge is 0.325 e. The Hall–Kier alpha value is -2.64. The van der Waals surface area contributed by atoms with E-state index in [1.54, 1.807) is 29.2 Å². The molecule has 160 valence electrons. The Balaban J connectivity index is 1.62. The Morgan fingerprint density at radius 1 is 1.19 bits per heavy atom. The normalized spacial score (nSPS) is 18.3. The summed E-state index contributed by atoms with van der Waals surface area (Å²) in [5.41, 5.74) is 2.26. The van der Waals surface area contributed by atoms with Crippen LogP contribution in [0, 0.1) is 5.92 Å². The number of hydrogen-bond donors (Lipinski definition) is 1. The maximum absolute atomic E-state index is 13.2. The Labute approximate surface area is 190 Å². The number of rotatable bonds is 5. The molecule has 2 heterocycles. The van der Waals surface area contributed by atoms with E-state index in [1.165, 1.54) is 11.8 Å². The SMILES string of the molecule is CC[C@H](SC1=Nc2ccccc2C2=N[C@@H](C(C)C)C(=O)N12)C(=O)Nc1ccc(Cl)cc1. The van der Waals surface area contributed by atoms with Crippen LogP contribution in [-0.4, -0.2) is 39.0 Å². The summed E-state index contributed by atoms with van der Waals surface area (Å²) < 4.78 is 0. The second-order valence-electron chi connectivity index (χ2n) is 7.74. The molecule has 2 aromatic rings. The molecule has 0 radical (unpaired) electrons. The molecule has 0 unspecified atom stereocenters. The molecule has 2 aliphatic heterocycles. The molecule has 31 heavy (non-hydrogen) atoms. The molecule has 0 aliphatic carbocycles. The highest BCUT2D eigenvalue weighted by Crippen LogP contribution is 2.36. The van der Waals surface area contributed by atoms with Gasteiger partial charge < -0.3 is 5.32 Å². The van der Waals surface area contributed by atoms with Crippen molar-refractivity contribution in [2.24, 2.45) is 15.9 Å². The topological polar surface area (TPSA) is 74.1 Å². The first-order valence-electron chi connectivity index (χ1n) is 10.2. The molecule has 0 saturated carbocycles. The smallest absolute Gasteiger partial charge is 0.259 e. The van der Waals surface area contributed by atoms with Crippen LogP contribution in [0.3, 0.4) is 0 Å². The van der Waals surface area contributed by atoms with Crippen molar-refractivity contribution in [3.05, 3.63) is 59.1 Å². The molecule has 0 bridgehead atoms. The summed E-state index contributed by atoms with van der Waals surface area (Å²) in [6, 6.07) is 14.2. The molecule has 0 fully saturated rings. The number of carbonyl (C=O) groups excluding carboxylic acids is 2. The van der Waals surface area contributed by atoms with Crippen LogP contribution in [0.1, 0.15) is 32.8 Å². The van der Waals surface area contributed by atoms with E-state index < -0.39 is 11.3 Å². The number of nitrogens with zero attached hydrogens (tertiary/aromatic N) is 3. The fourth-order valence-corrected chi connectivity index (χ4v) is 4.63. The lowest BCUT2D eigenvalue weighted by Crippen LogP contribution is -2.43. The highest BCUT2D eigenvalue weighted by Gasteiger charge is 2.43. The number of hydrogen-bond acceptors (Lipinski definition) is 5. The molecule has 4 rings (SSSR count). The minimum absolute atomic E-state index is 0.0687. The summed E-state index contributed by atoms with van der Waals surface area (Å²) >= 11 is 7.22. The third-order valence-electron chi connectivity index (χ3n) is 5.15. The van der Waals surface area contributed by atoms with Crippen LogP contribution in [0.25, 0.3) is 0 Å². The zero-order valence-electron chi connectivity index (χ0n) is 17.5. The Kier molecular flexibility index (Phi) is 6.16. The van der Waals surface area contributed by atoms with E-state index in [9.17, 15) is 9.59 Å². The van der Waals surface area contributed by atoms with Gasteiger partial charge in [0.2, 0.25) is 5.91 Å². The van der Waals surface area contributed by atoms with Crippen molar-refractivity contribution < 1.29 is 9.59 Å². The summed E-state index contributed by atoms with van der Waals surface area (Å²) in [6.45, 7) is 5.90. The minimum Gasteiger partial charge on any atom is -0.325 e. The monoisotopic (exact) mass is 454 g/mol. The number of carbonyl (C=O) groups is 2. The van der Waals surface area contributed by atoms with Crippen LogP contribution >= 0.6 is 23.4 Å². The number of thioether (sulfide) groups is 1. The maximum atomic E-state index is 13.2. The minimum atomic E-state index is -0.449. The van der Waals surface area contributed by atoms with Gasteiger partial charge in [-0.25, -0.2) is 9.89 Å². The highest BCUT2D eigenvalue weighted by atomic mass is 35.5. The van der Waals surface area contributed by atoms with Crippen LogP contribution < -0.4 is 5.32 Å². The number of para-hydroxylation sites is 1. The molecular formula is C23H23ClN4O2S. The van der Waals surface area contributed by atoms with E-state index in [2.05, 4.69) is 5.32 Å². The van der Waals surface area contributed by atoms with Crippen molar-refractivity contribution >= 4 is 57.6 Å². The Morgan fingerprint density at radius 3 is 2.58 bits per heavy atom. The van der Waals surface area contributed by atoms with Gasteiger partial charge in [-0.1, -0.05) is 56.3 Å². The van der Waals surface area contributed by atoms with Crippen LogP contribution in [0.2, 0.25) is 5.02 Å². The second-order valence-corrected chi connectivity index (χ2v) is 9.34. The van der Waals surface area contributed by atoms with Crippen molar-refractivity contribution in [3.8, 4) is 0 Å². The zero-order valence-corrected chi connectivity index (χ0v) is 19.1. The van der Waals surface area contributed by atoms with Gasteiger partial charge >= 0.3 is 0 Å². The molecule has 0 aromatic heterocycles. The second kappa shape index (κ2) is 8.85. The maximum Gasteiger partial charge on any atom is 0.259 e. The lowest BCUT2D eigenvalue weighted by Gasteiger charge is -2.27. The summed E-state index contributed by atoms with van der Waals surface area (Å²) in [5.74, 6) is 0.435. The first-order chi connectivity index (χ1) is 14.9. The van der Waals surface area contributed by atoms with Gasteiger partial charge in [0.1, 0.15) is 11.9 Å². The molecular weight excluding hydrogens is 432 g/mol. The molecule has 0 spiro atoms. The third kappa shape index (κ3) is 4.25. The average Bonchev–Trinajstić information content (AvgIpc) is 3.11. The van der Waals surface area contributed by atoms with Crippen molar-refractivity contribution in [1.82, 2.24) is 4.90 Å². The fourth-order valence-electron chi connectivity index (χ4n) is 3.49. The van der Waals surface area contributed by atoms with Crippen molar-refractivity contribution in [1.29, 1.82) is 0 Å². The lowest BCUT2D eigenvalue weighted by molar-refractivity contribution is -0.125. The van der Waals surface area contributed by atoms with E-state index in [-0.39, 0.29) is 17.7 Å². The van der Waals surface area contributed by atoms with Gasteiger partial charge in [-0.3, -0.25) is 14.6 Å². The van der Waals surface area contributed by atoms with Gasteiger partial charge in [-0.15, -0.1) is 0 Å².